The first-order valence-corrected chi connectivity index (χ1v) is 4.28. The van der Waals surface area contributed by atoms with E-state index in [0.29, 0.717) is 17.9 Å². The molecule has 1 rings (SSSR count). The van der Waals surface area contributed by atoms with Gasteiger partial charge < -0.3 is 4.74 Å². The van der Waals surface area contributed by atoms with Crippen LogP contribution in [0.15, 0.2) is 0 Å². The minimum atomic E-state index is -0.251. The van der Waals surface area contributed by atoms with Gasteiger partial charge in [-0.2, -0.15) is 5.21 Å². The summed E-state index contributed by atoms with van der Waals surface area (Å²) in [6.07, 6.45) is 0.270. The van der Waals surface area contributed by atoms with Crippen LogP contribution in [0.3, 0.4) is 0 Å². The van der Waals surface area contributed by atoms with Gasteiger partial charge in [0.25, 0.3) is 0 Å². The molecule has 0 fully saturated rings. The second-order valence-corrected chi connectivity index (χ2v) is 2.65. The highest BCUT2D eigenvalue weighted by molar-refractivity contribution is 7.71. The molecule has 0 atom stereocenters. The Labute approximate surface area is 79.9 Å². The average Bonchev–Trinajstić information content (AvgIpc) is 2.48. The Morgan fingerprint density at radius 2 is 2.54 bits per heavy atom. The molecule has 13 heavy (non-hydrogen) atoms. The molecule has 0 spiro atoms. The Hall–Kier alpha value is -1.24. The van der Waals surface area contributed by atoms with E-state index in [2.05, 4.69) is 15.5 Å². The zero-order valence-electron chi connectivity index (χ0n) is 7.19. The second kappa shape index (κ2) is 4.70. The van der Waals surface area contributed by atoms with Gasteiger partial charge in [0.2, 0.25) is 4.77 Å². The minimum Gasteiger partial charge on any atom is -0.466 e. The van der Waals surface area contributed by atoms with Crippen molar-refractivity contribution in [3.05, 3.63) is 4.77 Å². The van der Waals surface area contributed by atoms with E-state index in [1.54, 1.807) is 6.92 Å². The molecule has 1 aromatic heterocycles. The summed E-state index contributed by atoms with van der Waals surface area (Å²) in [4.78, 5) is 10.9. The van der Waals surface area contributed by atoms with E-state index < -0.39 is 0 Å². The number of aromatic amines is 1. The zero-order chi connectivity index (χ0) is 9.68. The van der Waals surface area contributed by atoms with E-state index in [-0.39, 0.29) is 12.4 Å². The van der Waals surface area contributed by atoms with Crippen molar-refractivity contribution in [2.24, 2.45) is 0 Å². The van der Waals surface area contributed by atoms with Gasteiger partial charge in [-0.05, 0) is 19.1 Å². The summed E-state index contributed by atoms with van der Waals surface area (Å²) in [5.41, 5.74) is 0. The highest BCUT2D eigenvalue weighted by Crippen LogP contribution is 1.91. The van der Waals surface area contributed by atoms with Gasteiger partial charge in [-0.3, -0.25) is 4.79 Å². The molecule has 0 aromatic carbocycles. The predicted octanol–water partition coefficient (Wildman–Crippen LogP) is 0.289. The van der Waals surface area contributed by atoms with Crippen LogP contribution in [-0.4, -0.2) is 32.8 Å². The van der Waals surface area contributed by atoms with Crippen molar-refractivity contribution in [3.63, 3.8) is 0 Å². The van der Waals surface area contributed by atoms with E-state index in [1.165, 1.54) is 4.68 Å². The average molecular weight is 202 g/mol. The van der Waals surface area contributed by atoms with Crippen LogP contribution < -0.4 is 0 Å². The standard InChI is InChI=1S/C6H10N4O2S/c1-2-12-5(11)3-4-10-6(13)7-8-9-10/h2-4H2,1H3,(H,7,9,13). The number of carbonyl (C=O) groups is 1. The van der Waals surface area contributed by atoms with Crippen molar-refractivity contribution < 1.29 is 9.53 Å². The summed E-state index contributed by atoms with van der Waals surface area (Å²) in [5.74, 6) is -0.251. The van der Waals surface area contributed by atoms with Crippen LogP contribution in [-0.2, 0) is 16.1 Å². The Morgan fingerprint density at radius 3 is 3.08 bits per heavy atom. The molecule has 0 aliphatic carbocycles. The maximum atomic E-state index is 10.9. The lowest BCUT2D eigenvalue weighted by Gasteiger charge is -2.00. The molecule has 0 unspecified atom stereocenters. The molecule has 0 amide bonds. The third-order valence-corrected chi connectivity index (χ3v) is 1.68. The second-order valence-electron chi connectivity index (χ2n) is 2.29. The van der Waals surface area contributed by atoms with E-state index >= 15 is 0 Å². The van der Waals surface area contributed by atoms with Crippen LogP contribution in [0.2, 0.25) is 0 Å². The van der Waals surface area contributed by atoms with E-state index in [4.69, 9.17) is 17.0 Å². The molecule has 0 saturated heterocycles. The fraction of sp³-hybridized carbons (Fsp3) is 0.667. The fourth-order valence-corrected chi connectivity index (χ4v) is 0.971. The van der Waals surface area contributed by atoms with E-state index in [9.17, 15) is 4.79 Å². The molecule has 0 bridgehead atoms. The van der Waals surface area contributed by atoms with E-state index in [0.717, 1.165) is 0 Å². The smallest absolute Gasteiger partial charge is 0.307 e. The van der Waals surface area contributed by atoms with Gasteiger partial charge in [0.15, 0.2) is 0 Å². The van der Waals surface area contributed by atoms with Crippen molar-refractivity contribution >= 4 is 18.2 Å². The number of carbonyl (C=O) groups excluding carboxylic acids is 1. The van der Waals surface area contributed by atoms with Gasteiger partial charge in [0.1, 0.15) is 0 Å². The number of rotatable bonds is 4. The lowest BCUT2D eigenvalue weighted by Crippen LogP contribution is -2.10. The lowest BCUT2D eigenvalue weighted by molar-refractivity contribution is -0.143. The molecule has 0 aliphatic rings. The Balaban J connectivity index is 2.39. The molecule has 7 heteroatoms. The first kappa shape index (κ1) is 9.85. The van der Waals surface area contributed by atoms with Crippen LogP contribution in [0.1, 0.15) is 13.3 Å². The maximum Gasteiger partial charge on any atom is 0.307 e. The summed E-state index contributed by atoms with van der Waals surface area (Å²) in [6, 6.07) is 0. The molecule has 1 aromatic rings. The highest BCUT2D eigenvalue weighted by Gasteiger charge is 2.02. The largest absolute Gasteiger partial charge is 0.466 e. The molecule has 1 heterocycles. The normalized spacial score (nSPS) is 9.92. The summed E-state index contributed by atoms with van der Waals surface area (Å²) >= 11 is 4.81. The minimum absolute atomic E-state index is 0.251. The molecule has 6 nitrogen and oxygen atoms in total. The molecule has 1 N–H and O–H groups in total. The maximum absolute atomic E-state index is 10.9. The third kappa shape index (κ3) is 2.94. The molecule has 0 saturated carbocycles. The number of ether oxygens (including phenoxy) is 1. The summed E-state index contributed by atoms with van der Waals surface area (Å²) < 4.78 is 6.58. The fourth-order valence-electron chi connectivity index (χ4n) is 0.798. The quantitative estimate of drug-likeness (QED) is 0.561. The Kier molecular flexibility index (Phi) is 3.56. The van der Waals surface area contributed by atoms with Gasteiger partial charge >= 0.3 is 5.97 Å². The number of aryl methyl sites for hydroxylation is 1. The van der Waals surface area contributed by atoms with Crippen LogP contribution in [0.25, 0.3) is 0 Å². The van der Waals surface area contributed by atoms with Gasteiger partial charge in [0, 0.05) is 0 Å². The van der Waals surface area contributed by atoms with Crippen LogP contribution in [0.4, 0.5) is 0 Å². The molecule has 0 aliphatic heterocycles. The summed E-state index contributed by atoms with van der Waals surface area (Å²) in [6.45, 7) is 2.58. The van der Waals surface area contributed by atoms with Crippen LogP contribution in [0, 0.1) is 4.77 Å². The number of hydrogen-bond donors (Lipinski definition) is 1. The number of H-pyrrole nitrogens is 1. The predicted molar refractivity (Wildman–Crippen MR) is 46.5 cm³/mol. The molecule has 72 valence electrons. The van der Waals surface area contributed by atoms with Gasteiger partial charge in [-0.25, -0.2) is 4.68 Å². The van der Waals surface area contributed by atoms with Gasteiger partial charge in [0.05, 0.1) is 19.6 Å². The van der Waals surface area contributed by atoms with Crippen LogP contribution in [0.5, 0.6) is 0 Å². The summed E-state index contributed by atoms with van der Waals surface area (Å²) in [5, 5.41) is 9.58. The van der Waals surface area contributed by atoms with Gasteiger partial charge in [-0.15, -0.1) is 0 Å². The van der Waals surface area contributed by atoms with Crippen molar-refractivity contribution in [1.29, 1.82) is 0 Å². The SMILES string of the molecule is CCOC(=O)CCn1[nH]nnc1=S. The van der Waals surface area contributed by atoms with Crippen molar-refractivity contribution in [1.82, 2.24) is 20.2 Å². The first-order valence-electron chi connectivity index (χ1n) is 3.87. The molecular formula is C6H10N4O2S. The number of aromatic nitrogens is 4. The van der Waals surface area contributed by atoms with E-state index in [1.807, 2.05) is 0 Å². The molecule has 0 radical (unpaired) electrons. The Morgan fingerprint density at radius 1 is 1.77 bits per heavy atom. The van der Waals surface area contributed by atoms with Crippen molar-refractivity contribution in [3.8, 4) is 0 Å². The first-order chi connectivity index (χ1) is 6.24. The van der Waals surface area contributed by atoms with Crippen molar-refractivity contribution in [2.75, 3.05) is 6.61 Å². The monoisotopic (exact) mass is 202 g/mol. The molecular weight excluding hydrogens is 192 g/mol. The zero-order valence-corrected chi connectivity index (χ0v) is 8.00. The topological polar surface area (TPSA) is 72.8 Å². The van der Waals surface area contributed by atoms with Crippen LogP contribution >= 0.6 is 12.2 Å². The Bertz CT molecular complexity index is 331. The third-order valence-electron chi connectivity index (χ3n) is 1.38. The lowest BCUT2D eigenvalue weighted by atomic mass is 10.4. The number of esters is 1. The van der Waals surface area contributed by atoms with Gasteiger partial charge in [-0.1, -0.05) is 10.3 Å². The highest BCUT2D eigenvalue weighted by atomic mass is 32.1. The van der Waals surface area contributed by atoms with Crippen molar-refractivity contribution in [2.45, 2.75) is 19.9 Å². The number of nitrogens with one attached hydrogen (secondary N) is 1. The summed E-state index contributed by atoms with van der Waals surface area (Å²) in [7, 11) is 0. The number of tetrazole rings is 1. The number of hydrogen-bond acceptors (Lipinski definition) is 5. The number of nitrogens with zero attached hydrogens (tertiary/aromatic N) is 3.